The van der Waals surface area contributed by atoms with Crippen LogP contribution in [0.1, 0.15) is 27.3 Å². The number of halogens is 3. The number of nitrogens with one attached hydrogen (secondary N) is 1. The number of aromatic amines is 1. The number of methoxy groups -OCH3 is 1. The summed E-state index contributed by atoms with van der Waals surface area (Å²) in [6.07, 6.45) is -3.83. The van der Waals surface area contributed by atoms with Gasteiger partial charge in [-0.05, 0) is 30.3 Å². The van der Waals surface area contributed by atoms with Crippen molar-refractivity contribution in [3.05, 3.63) is 52.8 Å². The molecule has 0 atom stereocenters. The molecule has 0 saturated heterocycles. The number of esters is 1. The summed E-state index contributed by atoms with van der Waals surface area (Å²) < 4.78 is 42.8. The lowest BCUT2D eigenvalue weighted by Gasteiger charge is -2.28. The number of rotatable bonds is 2. The van der Waals surface area contributed by atoms with Crippen LogP contribution in [0, 0.1) is 0 Å². The molecule has 3 aromatic rings. The van der Waals surface area contributed by atoms with Crippen LogP contribution in [0.25, 0.3) is 10.9 Å². The van der Waals surface area contributed by atoms with Crippen molar-refractivity contribution in [2.24, 2.45) is 0 Å². The van der Waals surface area contributed by atoms with Gasteiger partial charge < -0.3 is 14.6 Å². The van der Waals surface area contributed by atoms with Gasteiger partial charge >= 0.3 is 12.1 Å². The van der Waals surface area contributed by atoms with E-state index < -0.39 is 17.8 Å². The van der Waals surface area contributed by atoms with E-state index in [2.05, 4.69) is 15.2 Å². The Labute approximate surface area is 152 Å². The number of hydrogen-bond donors (Lipinski definition) is 1. The van der Waals surface area contributed by atoms with E-state index in [9.17, 15) is 18.0 Å². The molecule has 0 unspecified atom stereocenters. The second-order valence-corrected chi connectivity index (χ2v) is 6.28. The van der Waals surface area contributed by atoms with E-state index in [1.807, 2.05) is 11.0 Å². The van der Waals surface area contributed by atoms with E-state index in [1.165, 1.54) is 13.2 Å². The van der Waals surface area contributed by atoms with Crippen molar-refractivity contribution < 1.29 is 22.7 Å². The van der Waals surface area contributed by atoms with E-state index in [-0.39, 0.29) is 0 Å². The summed E-state index contributed by atoms with van der Waals surface area (Å²) >= 11 is 0. The number of hydrogen-bond acceptors (Lipinski definition) is 5. The number of aromatic nitrogens is 3. The molecule has 1 aliphatic rings. The van der Waals surface area contributed by atoms with Crippen molar-refractivity contribution >= 4 is 22.7 Å². The molecule has 1 N–H and O–H groups in total. The molecule has 0 aliphatic carbocycles. The second kappa shape index (κ2) is 6.26. The molecule has 3 heterocycles. The number of carbonyl (C=O) groups is 1. The van der Waals surface area contributed by atoms with E-state index in [0.717, 1.165) is 28.2 Å². The molecular weight excluding hydrogens is 361 g/mol. The van der Waals surface area contributed by atoms with Crippen LogP contribution in [-0.4, -0.2) is 34.8 Å². The molecule has 1 aliphatic heterocycles. The Morgan fingerprint density at radius 3 is 2.70 bits per heavy atom. The number of fused-ring (bicyclic) bond motifs is 3. The largest absolute Gasteiger partial charge is 0.465 e. The minimum Gasteiger partial charge on any atom is -0.465 e. The van der Waals surface area contributed by atoms with Gasteiger partial charge in [0.05, 0.1) is 12.7 Å². The minimum absolute atomic E-state index is 0.382. The average molecular weight is 376 g/mol. The highest BCUT2D eigenvalue weighted by atomic mass is 19.4. The molecule has 0 fully saturated rings. The Morgan fingerprint density at radius 1 is 1.22 bits per heavy atom. The summed E-state index contributed by atoms with van der Waals surface area (Å²) in [4.78, 5) is 17.0. The van der Waals surface area contributed by atoms with Gasteiger partial charge in [-0.25, -0.2) is 4.79 Å². The molecule has 27 heavy (non-hydrogen) atoms. The van der Waals surface area contributed by atoms with Crippen molar-refractivity contribution in [1.82, 2.24) is 15.2 Å². The highest BCUT2D eigenvalue weighted by Crippen LogP contribution is 2.31. The predicted molar refractivity (Wildman–Crippen MR) is 91.4 cm³/mol. The molecule has 6 nitrogen and oxygen atoms in total. The molecule has 1 aromatic carbocycles. The zero-order valence-electron chi connectivity index (χ0n) is 14.3. The highest BCUT2D eigenvalue weighted by Gasteiger charge is 2.33. The second-order valence-electron chi connectivity index (χ2n) is 6.28. The number of nitrogens with zero attached hydrogens (tertiary/aromatic N) is 3. The minimum atomic E-state index is -4.51. The smallest absolute Gasteiger partial charge is 0.435 e. The normalized spacial score (nSPS) is 14.3. The topological polar surface area (TPSA) is 71.1 Å². The maximum atomic E-state index is 12.7. The fourth-order valence-corrected chi connectivity index (χ4v) is 3.30. The molecular formula is C18H15F3N4O2. The molecule has 140 valence electrons. The van der Waals surface area contributed by atoms with E-state index in [1.54, 1.807) is 12.1 Å². The lowest BCUT2D eigenvalue weighted by molar-refractivity contribution is -0.141. The summed E-state index contributed by atoms with van der Waals surface area (Å²) in [7, 11) is 1.32. The number of anilines is 1. The maximum absolute atomic E-state index is 12.7. The zero-order chi connectivity index (χ0) is 19.2. The summed E-state index contributed by atoms with van der Waals surface area (Å²) in [6.45, 7) is 1.06. The predicted octanol–water partition coefficient (Wildman–Crippen LogP) is 3.33. The van der Waals surface area contributed by atoms with Gasteiger partial charge in [0.25, 0.3) is 0 Å². The van der Waals surface area contributed by atoms with Crippen molar-refractivity contribution in [3.63, 3.8) is 0 Å². The molecule has 0 bridgehead atoms. The molecule has 0 saturated carbocycles. The first-order chi connectivity index (χ1) is 12.9. The van der Waals surface area contributed by atoms with Gasteiger partial charge in [0.1, 0.15) is 0 Å². The van der Waals surface area contributed by atoms with Crippen molar-refractivity contribution in [2.45, 2.75) is 19.1 Å². The van der Waals surface area contributed by atoms with E-state index in [0.29, 0.717) is 30.9 Å². The van der Waals surface area contributed by atoms with Crippen LogP contribution >= 0.6 is 0 Å². The fraction of sp³-hybridized carbons (Fsp3) is 0.278. The highest BCUT2D eigenvalue weighted by molar-refractivity contribution is 5.96. The van der Waals surface area contributed by atoms with Gasteiger partial charge in [0.15, 0.2) is 11.5 Å². The molecule has 0 amide bonds. The summed E-state index contributed by atoms with van der Waals surface area (Å²) in [5.74, 6) is -0.0414. The SMILES string of the molecule is COC(=O)c1ccc2[nH]c3c(c2c1)CN(c1ccc(C(F)(F)F)nn1)CC3. The van der Waals surface area contributed by atoms with Crippen LogP contribution < -0.4 is 4.90 Å². The lowest BCUT2D eigenvalue weighted by atomic mass is 10.0. The number of benzene rings is 1. The summed E-state index contributed by atoms with van der Waals surface area (Å²) in [5, 5.41) is 7.92. The Balaban J connectivity index is 1.66. The molecule has 4 rings (SSSR count). The van der Waals surface area contributed by atoms with Crippen LogP contribution in [0.2, 0.25) is 0 Å². The van der Waals surface area contributed by atoms with Crippen LogP contribution in [0.15, 0.2) is 30.3 Å². The quantitative estimate of drug-likeness (QED) is 0.695. The third kappa shape index (κ3) is 3.09. The number of ether oxygens (including phenoxy) is 1. The van der Waals surface area contributed by atoms with Crippen molar-refractivity contribution in [2.75, 3.05) is 18.6 Å². The van der Waals surface area contributed by atoms with Crippen molar-refractivity contribution in [3.8, 4) is 0 Å². The number of H-pyrrole nitrogens is 1. The standard InChI is InChI=1S/C18H15F3N4O2/c1-27-17(26)10-2-3-13-11(8-10)12-9-25(7-6-14(12)22-13)16-5-4-15(23-24-16)18(19,20)21/h2-5,8,22H,6-7,9H2,1H3. The Kier molecular flexibility index (Phi) is 4.01. The summed E-state index contributed by atoms with van der Waals surface area (Å²) in [6, 6.07) is 7.54. The third-order valence-electron chi connectivity index (χ3n) is 4.66. The first-order valence-corrected chi connectivity index (χ1v) is 8.24. The Morgan fingerprint density at radius 2 is 2.04 bits per heavy atom. The lowest BCUT2D eigenvalue weighted by Crippen LogP contribution is -2.31. The van der Waals surface area contributed by atoms with Gasteiger partial charge in [0, 0.05) is 41.7 Å². The van der Waals surface area contributed by atoms with Gasteiger partial charge in [-0.2, -0.15) is 13.2 Å². The van der Waals surface area contributed by atoms with Gasteiger partial charge in [-0.1, -0.05) is 0 Å². The molecule has 9 heteroatoms. The van der Waals surface area contributed by atoms with Crippen molar-refractivity contribution in [1.29, 1.82) is 0 Å². The summed E-state index contributed by atoms with van der Waals surface area (Å²) in [5.41, 5.74) is 2.36. The van der Waals surface area contributed by atoms with Crippen LogP contribution in [-0.2, 0) is 23.9 Å². The van der Waals surface area contributed by atoms with E-state index >= 15 is 0 Å². The monoisotopic (exact) mass is 376 g/mol. The molecule has 0 radical (unpaired) electrons. The first kappa shape index (κ1) is 17.3. The average Bonchev–Trinajstić information content (AvgIpc) is 3.03. The molecule has 0 spiro atoms. The van der Waals surface area contributed by atoms with E-state index in [4.69, 9.17) is 4.74 Å². The number of alkyl halides is 3. The first-order valence-electron chi connectivity index (χ1n) is 8.24. The van der Waals surface area contributed by atoms with Gasteiger partial charge in [-0.3, -0.25) is 0 Å². The van der Waals surface area contributed by atoms with Crippen LogP contribution in [0.4, 0.5) is 19.0 Å². The zero-order valence-corrected chi connectivity index (χ0v) is 14.3. The third-order valence-corrected chi connectivity index (χ3v) is 4.66. The maximum Gasteiger partial charge on any atom is 0.435 e. The molecule has 2 aromatic heterocycles. The van der Waals surface area contributed by atoms with Crippen LogP contribution in [0.5, 0.6) is 0 Å². The van der Waals surface area contributed by atoms with Gasteiger partial charge in [0.2, 0.25) is 0 Å². The van der Waals surface area contributed by atoms with Crippen LogP contribution in [0.3, 0.4) is 0 Å². The van der Waals surface area contributed by atoms with Gasteiger partial charge in [-0.15, -0.1) is 10.2 Å². The Hall–Kier alpha value is -3.10. The number of carbonyl (C=O) groups excluding carboxylic acids is 1. The Bertz CT molecular complexity index is 1010. The fourth-order valence-electron chi connectivity index (χ4n) is 3.30.